The summed E-state index contributed by atoms with van der Waals surface area (Å²) >= 11 is 0. The Morgan fingerprint density at radius 2 is 1.70 bits per heavy atom. The molecule has 1 aliphatic carbocycles. The van der Waals surface area contributed by atoms with Crippen LogP contribution < -0.4 is 19.1 Å². The number of rotatable bonds is 11. The minimum Gasteiger partial charge on any atom is -0.497 e. The normalized spacial score (nSPS) is 14.6. The Morgan fingerprint density at radius 3 is 2.27 bits per heavy atom. The third-order valence-corrected chi connectivity index (χ3v) is 7.79. The third-order valence-electron chi connectivity index (χ3n) is 6.66. The van der Waals surface area contributed by atoms with Gasteiger partial charge in [-0.15, -0.1) is 0 Å². The summed E-state index contributed by atoms with van der Waals surface area (Å²) in [6.07, 6.45) is 5.01. The lowest BCUT2D eigenvalue weighted by Gasteiger charge is -2.32. The van der Waals surface area contributed by atoms with Crippen molar-refractivity contribution in [1.82, 2.24) is 10.2 Å². The summed E-state index contributed by atoms with van der Waals surface area (Å²) < 4.78 is 37.3. The standard InChI is InChI=1S/C27H37N3O6S/c1-19-10-15-25(36-4)24(16-19)30(37(5,33)34)18-26(31)29(17-21-11-13-23(35-3)14-12-21)20(2)27(32)28-22-8-6-7-9-22/h10-16,20,22H,6-9,17-18H2,1-5H3,(H,28,32). The first-order chi connectivity index (χ1) is 17.5. The Labute approximate surface area is 219 Å². The van der Waals surface area contributed by atoms with Crippen LogP contribution in [0.4, 0.5) is 5.69 Å². The van der Waals surface area contributed by atoms with E-state index in [1.807, 2.05) is 19.1 Å². The van der Waals surface area contributed by atoms with Gasteiger partial charge in [0.05, 0.1) is 26.2 Å². The van der Waals surface area contributed by atoms with E-state index in [0.29, 0.717) is 11.5 Å². The first-order valence-corrected chi connectivity index (χ1v) is 14.2. The first-order valence-electron chi connectivity index (χ1n) is 12.4. The lowest BCUT2D eigenvalue weighted by atomic mass is 10.1. The van der Waals surface area contributed by atoms with E-state index in [-0.39, 0.29) is 24.2 Å². The number of nitrogens with one attached hydrogen (secondary N) is 1. The molecule has 1 fully saturated rings. The number of hydrogen-bond acceptors (Lipinski definition) is 6. The Morgan fingerprint density at radius 1 is 1.05 bits per heavy atom. The average Bonchev–Trinajstić information content (AvgIpc) is 3.38. The van der Waals surface area contributed by atoms with Gasteiger partial charge in [0.25, 0.3) is 0 Å². The number of ether oxygens (including phenoxy) is 2. The summed E-state index contributed by atoms with van der Waals surface area (Å²) in [6, 6.07) is 11.6. The van der Waals surface area contributed by atoms with Crippen LogP contribution in [0, 0.1) is 6.92 Å². The van der Waals surface area contributed by atoms with Crippen molar-refractivity contribution < 1.29 is 27.5 Å². The largest absolute Gasteiger partial charge is 0.497 e. The molecule has 37 heavy (non-hydrogen) atoms. The molecule has 1 saturated carbocycles. The SMILES string of the molecule is COc1ccc(CN(C(=O)CN(c2cc(C)ccc2OC)S(C)(=O)=O)C(C)C(=O)NC2CCCC2)cc1. The van der Waals surface area contributed by atoms with E-state index in [1.54, 1.807) is 44.4 Å². The summed E-state index contributed by atoms with van der Waals surface area (Å²) in [6.45, 7) is 3.15. The van der Waals surface area contributed by atoms with Gasteiger partial charge in [-0.2, -0.15) is 0 Å². The molecule has 1 atom stereocenters. The zero-order valence-corrected chi connectivity index (χ0v) is 23.0. The molecule has 2 amide bonds. The molecule has 1 N–H and O–H groups in total. The van der Waals surface area contributed by atoms with Crippen molar-refractivity contribution >= 4 is 27.5 Å². The molecule has 0 radical (unpaired) electrons. The highest BCUT2D eigenvalue weighted by Crippen LogP contribution is 2.31. The van der Waals surface area contributed by atoms with Gasteiger partial charge in [0.1, 0.15) is 24.1 Å². The van der Waals surface area contributed by atoms with Crippen molar-refractivity contribution in [2.75, 3.05) is 31.3 Å². The molecule has 0 spiro atoms. The van der Waals surface area contributed by atoms with Crippen LogP contribution >= 0.6 is 0 Å². The van der Waals surface area contributed by atoms with Gasteiger partial charge in [0.2, 0.25) is 21.8 Å². The van der Waals surface area contributed by atoms with Gasteiger partial charge < -0.3 is 19.7 Å². The van der Waals surface area contributed by atoms with Crippen LogP contribution in [0.2, 0.25) is 0 Å². The van der Waals surface area contributed by atoms with Gasteiger partial charge in [0, 0.05) is 12.6 Å². The Bertz CT molecular complexity index is 1190. The molecule has 0 heterocycles. The van der Waals surface area contributed by atoms with E-state index in [2.05, 4.69) is 5.32 Å². The highest BCUT2D eigenvalue weighted by atomic mass is 32.2. The van der Waals surface area contributed by atoms with E-state index >= 15 is 0 Å². The molecule has 3 rings (SSSR count). The number of carbonyl (C=O) groups excluding carboxylic acids is 2. The highest BCUT2D eigenvalue weighted by Gasteiger charge is 2.32. The van der Waals surface area contributed by atoms with Crippen LogP contribution in [0.5, 0.6) is 11.5 Å². The molecule has 2 aromatic rings. The molecular weight excluding hydrogens is 494 g/mol. The molecule has 1 unspecified atom stereocenters. The summed E-state index contributed by atoms with van der Waals surface area (Å²) in [5, 5.41) is 3.05. The molecule has 0 bridgehead atoms. The molecular formula is C27H37N3O6S. The monoisotopic (exact) mass is 531 g/mol. The number of sulfonamides is 1. The second kappa shape index (κ2) is 12.3. The number of benzene rings is 2. The molecule has 0 aliphatic heterocycles. The van der Waals surface area contributed by atoms with Crippen LogP contribution in [0.15, 0.2) is 42.5 Å². The van der Waals surface area contributed by atoms with Gasteiger partial charge in [-0.05, 0) is 62.1 Å². The molecule has 2 aromatic carbocycles. The minimum atomic E-state index is -3.85. The van der Waals surface area contributed by atoms with Crippen molar-refractivity contribution in [2.24, 2.45) is 0 Å². The van der Waals surface area contributed by atoms with E-state index in [4.69, 9.17) is 9.47 Å². The van der Waals surface area contributed by atoms with Crippen LogP contribution in [0.3, 0.4) is 0 Å². The summed E-state index contributed by atoms with van der Waals surface area (Å²) in [4.78, 5) is 28.3. The number of nitrogens with zero attached hydrogens (tertiary/aromatic N) is 2. The van der Waals surface area contributed by atoms with E-state index < -0.39 is 28.5 Å². The van der Waals surface area contributed by atoms with Crippen LogP contribution in [0.1, 0.15) is 43.7 Å². The van der Waals surface area contributed by atoms with Crippen LogP contribution in [0.25, 0.3) is 0 Å². The van der Waals surface area contributed by atoms with Gasteiger partial charge in [-0.1, -0.05) is 31.0 Å². The van der Waals surface area contributed by atoms with Gasteiger partial charge in [-0.3, -0.25) is 13.9 Å². The van der Waals surface area contributed by atoms with Gasteiger partial charge in [0.15, 0.2) is 0 Å². The third kappa shape index (κ3) is 7.38. The van der Waals surface area contributed by atoms with E-state index in [9.17, 15) is 18.0 Å². The second-order valence-electron chi connectivity index (χ2n) is 9.48. The lowest BCUT2D eigenvalue weighted by Crippen LogP contribution is -2.52. The highest BCUT2D eigenvalue weighted by molar-refractivity contribution is 7.92. The van der Waals surface area contributed by atoms with Crippen LogP contribution in [-0.4, -0.2) is 64.2 Å². The Hall–Kier alpha value is -3.27. The fraction of sp³-hybridized carbons (Fsp3) is 0.481. The summed E-state index contributed by atoms with van der Waals surface area (Å²) in [5.41, 5.74) is 1.87. The van der Waals surface area contributed by atoms with E-state index in [1.165, 1.54) is 12.0 Å². The van der Waals surface area contributed by atoms with Crippen molar-refractivity contribution in [3.8, 4) is 11.5 Å². The van der Waals surface area contributed by atoms with Gasteiger partial charge in [-0.25, -0.2) is 8.42 Å². The van der Waals surface area contributed by atoms with Crippen molar-refractivity contribution in [1.29, 1.82) is 0 Å². The zero-order chi connectivity index (χ0) is 27.2. The smallest absolute Gasteiger partial charge is 0.244 e. The number of anilines is 1. The van der Waals surface area contributed by atoms with E-state index in [0.717, 1.165) is 47.4 Å². The number of carbonyl (C=O) groups is 2. The molecule has 202 valence electrons. The Kier molecular flexibility index (Phi) is 9.42. The number of amides is 2. The van der Waals surface area contributed by atoms with Gasteiger partial charge >= 0.3 is 0 Å². The summed E-state index contributed by atoms with van der Waals surface area (Å²) in [5.74, 6) is 0.243. The lowest BCUT2D eigenvalue weighted by molar-refractivity contribution is -0.139. The zero-order valence-electron chi connectivity index (χ0n) is 22.2. The Balaban J connectivity index is 1.92. The van der Waals surface area contributed by atoms with Crippen LogP contribution in [-0.2, 0) is 26.2 Å². The minimum absolute atomic E-state index is 0.0944. The topological polar surface area (TPSA) is 105 Å². The maximum atomic E-state index is 13.7. The average molecular weight is 532 g/mol. The first kappa shape index (κ1) is 28.3. The van der Waals surface area contributed by atoms with Crippen molar-refractivity contribution in [2.45, 2.75) is 58.2 Å². The predicted molar refractivity (Wildman–Crippen MR) is 143 cm³/mol. The molecule has 9 nitrogen and oxygen atoms in total. The quantitative estimate of drug-likeness (QED) is 0.477. The molecule has 0 aromatic heterocycles. The van der Waals surface area contributed by atoms with Crippen molar-refractivity contribution in [3.05, 3.63) is 53.6 Å². The number of aryl methyl sites for hydroxylation is 1. The fourth-order valence-corrected chi connectivity index (χ4v) is 5.34. The number of hydrogen-bond donors (Lipinski definition) is 1. The number of methoxy groups -OCH3 is 2. The molecule has 10 heteroatoms. The second-order valence-corrected chi connectivity index (χ2v) is 11.4. The maximum Gasteiger partial charge on any atom is 0.244 e. The summed E-state index contributed by atoms with van der Waals surface area (Å²) in [7, 11) is -0.838. The molecule has 0 saturated heterocycles. The van der Waals surface area contributed by atoms with Crippen molar-refractivity contribution in [3.63, 3.8) is 0 Å². The maximum absolute atomic E-state index is 13.7. The molecule has 1 aliphatic rings. The predicted octanol–water partition coefficient (Wildman–Crippen LogP) is 3.25. The fourth-order valence-electron chi connectivity index (χ4n) is 4.49.